The zero-order valence-corrected chi connectivity index (χ0v) is 13.1. The predicted octanol–water partition coefficient (Wildman–Crippen LogP) is 2.19. The lowest BCUT2D eigenvalue weighted by Gasteiger charge is -2.27. The third-order valence-corrected chi connectivity index (χ3v) is 4.45. The Morgan fingerprint density at radius 1 is 1.24 bits per heavy atom. The van der Waals surface area contributed by atoms with Crippen LogP contribution < -0.4 is 15.5 Å². The van der Waals surface area contributed by atoms with Gasteiger partial charge in [-0.1, -0.05) is 0 Å². The summed E-state index contributed by atoms with van der Waals surface area (Å²) in [7, 11) is 0. The van der Waals surface area contributed by atoms with E-state index in [9.17, 15) is 0 Å². The van der Waals surface area contributed by atoms with Crippen molar-refractivity contribution in [3.05, 3.63) is 11.8 Å². The summed E-state index contributed by atoms with van der Waals surface area (Å²) in [5.41, 5.74) is 1.05. The number of nitrogens with one attached hydrogen (secondary N) is 2. The van der Waals surface area contributed by atoms with E-state index >= 15 is 0 Å². The van der Waals surface area contributed by atoms with Gasteiger partial charge < -0.3 is 15.5 Å². The number of nitrogens with zero attached hydrogens (tertiary/aromatic N) is 3. The summed E-state index contributed by atoms with van der Waals surface area (Å²) in [5, 5.41) is 6.98. The van der Waals surface area contributed by atoms with E-state index in [0.717, 1.165) is 43.6 Å². The molecule has 5 heteroatoms. The fraction of sp³-hybridized carbons (Fsp3) is 0.750. The van der Waals surface area contributed by atoms with Gasteiger partial charge in [0.25, 0.3) is 0 Å². The molecule has 0 amide bonds. The highest BCUT2D eigenvalue weighted by Gasteiger charge is 2.16. The zero-order chi connectivity index (χ0) is 14.5. The molecular formula is C16H27N5. The van der Waals surface area contributed by atoms with Gasteiger partial charge in [0.15, 0.2) is 0 Å². The maximum Gasteiger partial charge on any atom is 0.227 e. The molecule has 2 saturated heterocycles. The van der Waals surface area contributed by atoms with Crippen molar-refractivity contribution in [3.8, 4) is 0 Å². The van der Waals surface area contributed by atoms with E-state index in [1.54, 1.807) is 0 Å². The largest absolute Gasteiger partial charge is 0.370 e. The van der Waals surface area contributed by atoms with E-state index in [0.29, 0.717) is 5.92 Å². The Labute approximate surface area is 127 Å². The van der Waals surface area contributed by atoms with Crippen molar-refractivity contribution in [2.75, 3.05) is 42.9 Å². The minimum Gasteiger partial charge on any atom is -0.370 e. The van der Waals surface area contributed by atoms with Gasteiger partial charge in [-0.3, -0.25) is 0 Å². The molecule has 0 unspecified atom stereocenters. The molecule has 0 bridgehead atoms. The van der Waals surface area contributed by atoms with Crippen LogP contribution in [0.25, 0.3) is 0 Å². The van der Waals surface area contributed by atoms with Crippen LogP contribution in [0.3, 0.4) is 0 Å². The second-order valence-electron chi connectivity index (χ2n) is 6.34. The van der Waals surface area contributed by atoms with Gasteiger partial charge in [-0.2, -0.15) is 4.98 Å². The topological polar surface area (TPSA) is 53.1 Å². The van der Waals surface area contributed by atoms with Crippen LogP contribution in [-0.2, 0) is 0 Å². The zero-order valence-electron chi connectivity index (χ0n) is 13.1. The first-order chi connectivity index (χ1) is 10.3. The number of aryl methyl sites for hydroxylation is 1. The quantitative estimate of drug-likeness (QED) is 0.890. The highest BCUT2D eigenvalue weighted by atomic mass is 15.3. The molecule has 1 aromatic heterocycles. The van der Waals surface area contributed by atoms with Crippen LogP contribution in [0.2, 0.25) is 0 Å². The molecular weight excluding hydrogens is 262 g/mol. The molecule has 1 atom stereocenters. The van der Waals surface area contributed by atoms with Crippen LogP contribution in [0.4, 0.5) is 11.8 Å². The van der Waals surface area contributed by atoms with E-state index < -0.39 is 0 Å². The molecule has 3 rings (SSSR count). The molecule has 2 N–H and O–H groups in total. The average Bonchev–Trinajstić information content (AvgIpc) is 2.54. The lowest BCUT2D eigenvalue weighted by Crippen LogP contribution is -2.34. The van der Waals surface area contributed by atoms with E-state index in [-0.39, 0.29) is 0 Å². The van der Waals surface area contributed by atoms with Gasteiger partial charge >= 0.3 is 0 Å². The number of aromatic nitrogens is 2. The molecule has 2 fully saturated rings. The van der Waals surface area contributed by atoms with Gasteiger partial charge in [-0.15, -0.1) is 0 Å². The first kappa shape index (κ1) is 14.6. The van der Waals surface area contributed by atoms with Gasteiger partial charge in [0, 0.05) is 31.4 Å². The Balaban J connectivity index is 1.62. The number of hydrogen-bond acceptors (Lipinski definition) is 5. The third kappa shape index (κ3) is 4.06. The Hall–Kier alpha value is -1.36. The van der Waals surface area contributed by atoms with E-state index in [1.807, 2.05) is 0 Å². The van der Waals surface area contributed by atoms with Crippen LogP contribution in [0.5, 0.6) is 0 Å². The summed E-state index contributed by atoms with van der Waals surface area (Å²) >= 11 is 0. The predicted molar refractivity (Wildman–Crippen MR) is 86.9 cm³/mol. The summed E-state index contributed by atoms with van der Waals surface area (Å²) in [6.07, 6.45) is 6.45. The maximum absolute atomic E-state index is 4.72. The van der Waals surface area contributed by atoms with Crippen LogP contribution in [0.1, 0.15) is 37.8 Å². The molecule has 2 aliphatic rings. The van der Waals surface area contributed by atoms with E-state index in [2.05, 4.69) is 33.5 Å². The Kier molecular flexibility index (Phi) is 4.91. The maximum atomic E-state index is 4.72. The normalized spacial score (nSPS) is 23.1. The van der Waals surface area contributed by atoms with Gasteiger partial charge in [0.1, 0.15) is 5.82 Å². The Bertz CT molecular complexity index is 450. The summed E-state index contributed by atoms with van der Waals surface area (Å²) < 4.78 is 0. The number of hydrogen-bond donors (Lipinski definition) is 2. The standard InChI is InChI=1S/C16H27N5/c1-13-10-15(18-12-14-6-5-7-17-11-14)20-16(19-13)21-8-3-2-4-9-21/h10,14,17H,2-9,11-12H2,1H3,(H,18,19,20)/t14-/m1/s1. The van der Waals surface area contributed by atoms with Crippen molar-refractivity contribution in [2.24, 2.45) is 5.92 Å². The van der Waals surface area contributed by atoms with Gasteiger partial charge in [0.2, 0.25) is 5.95 Å². The van der Waals surface area contributed by atoms with Crippen LogP contribution >= 0.6 is 0 Å². The Morgan fingerprint density at radius 3 is 2.86 bits per heavy atom. The van der Waals surface area contributed by atoms with Crippen LogP contribution in [0, 0.1) is 12.8 Å². The second-order valence-corrected chi connectivity index (χ2v) is 6.34. The SMILES string of the molecule is Cc1cc(NC[C@@H]2CCCNC2)nc(N2CCCCC2)n1. The molecule has 0 aliphatic carbocycles. The van der Waals surface area contributed by atoms with Crippen molar-refractivity contribution in [1.82, 2.24) is 15.3 Å². The number of rotatable bonds is 4. The van der Waals surface area contributed by atoms with Gasteiger partial charge in [0.05, 0.1) is 0 Å². The summed E-state index contributed by atoms with van der Waals surface area (Å²) in [6, 6.07) is 2.06. The monoisotopic (exact) mass is 289 g/mol. The molecule has 0 spiro atoms. The second kappa shape index (κ2) is 7.07. The lowest BCUT2D eigenvalue weighted by molar-refractivity contribution is 0.392. The van der Waals surface area contributed by atoms with Crippen molar-refractivity contribution in [1.29, 1.82) is 0 Å². The Morgan fingerprint density at radius 2 is 2.10 bits per heavy atom. The first-order valence-electron chi connectivity index (χ1n) is 8.36. The molecule has 21 heavy (non-hydrogen) atoms. The molecule has 0 radical (unpaired) electrons. The molecule has 116 valence electrons. The van der Waals surface area contributed by atoms with Crippen molar-refractivity contribution in [2.45, 2.75) is 39.0 Å². The van der Waals surface area contributed by atoms with E-state index in [4.69, 9.17) is 4.98 Å². The minimum absolute atomic E-state index is 0.715. The molecule has 3 heterocycles. The van der Waals surface area contributed by atoms with Crippen LogP contribution in [-0.4, -0.2) is 42.7 Å². The summed E-state index contributed by atoms with van der Waals surface area (Å²) in [4.78, 5) is 11.7. The molecule has 2 aliphatic heterocycles. The van der Waals surface area contributed by atoms with E-state index in [1.165, 1.54) is 38.6 Å². The highest BCUT2D eigenvalue weighted by molar-refractivity contribution is 5.43. The van der Waals surface area contributed by atoms with Gasteiger partial charge in [-0.25, -0.2) is 4.98 Å². The fourth-order valence-corrected chi connectivity index (χ4v) is 3.23. The minimum atomic E-state index is 0.715. The fourth-order valence-electron chi connectivity index (χ4n) is 3.23. The first-order valence-corrected chi connectivity index (χ1v) is 8.36. The number of piperidine rings is 2. The average molecular weight is 289 g/mol. The van der Waals surface area contributed by atoms with Crippen LogP contribution in [0.15, 0.2) is 6.07 Å². The molecule has 1 aromatic rings. The van der Waals surface area contributed by atoms with Gasteiger partial charge in [-0.05, 0) is 58.0 Å². The number of anilines is 2. The van der Waals surface area contributed by atoms with Crippen molar-refractivity contribution < 1.29 is 0 Å². The smallest absolute Gasteiger partial charge is 0.227 e. The van der Waals surface area contributed by atoms with Crippen molar-refractivity contribution in [3.63, 3.8) is 0 Å². The summed E-state index contributed by atoms with van der Waals surface area (Å²) in [5.74, 6) is 2.60. The molecule has 5 nitrogen and oxygen atoms in total. The third-order valence-electron chi connectivity index (χ3n) is 4.45. The summed E-state index contributed by atoms with van der Waals surface area (Å²) in [6.45, 7) is 7.54. The molecule has 0 saturated carbocycles. The van der Waals surface area contributed by atoms with Crippen molar-refractivity contribution >= 4 is 11.8 Å². The highest BCUT2D eigenvalue weighted by Crippen LogP contribution is 2.19. The molecule has 0 aromatic carbocycles. The lowest BCUT2D eigenvalue weighted by atomic mass is 10.00.